The van der Waals surface area contributed by atoms with Gasteiger partial charge in [0.15, 0.2) is 6.29 Å². The number of aliphatic hydroxyl groups excluding tert-OH is 2. The fourth-order valence-electron chi connectivity index (χ4n) is 5.12. The highest BCUT2D eigenvalue weighted by Gasteiger charge is 2.39. The monoisotopic (exact) mass is 576 g/mol. The topological polar surface area (TPSA) is 129 Å². The molecule has 6 atom stereocenters. The summed E-state index contributed by atoms with van der Waals surface area (Å²) in [5, 5.41) is 32.1. The maximum atomic E-state index is 12.1. The van der Waals surface area contributed by atoms with Crippen LogP contribution in [0.1, 0.15) is 67.4 Å². The van der Waals surface area contributed by atoms with E-state index in [4.69, 9.17) is 14.6 Å². The number of aliphatic hydroxyl groups is 2. The fourth-order valence-corrected chi connectivity index (χ4v) is 5.12. The van der Waals surface area contributed by atoms with Gasteiger partial charge in [0, 0.05) is 36.2 Å². The number of hydrogen-bond donors (Lipinski definition) is 4. The van der Waals surface area contributed by atoms with Gasteiger partial charge in [0.2, 0.25) is 5.91 Å². The zero-order valence-corrected chi connectivity index (χ0v) is 24.2. The minimum absolute atomic E-state index is 0.0301. The molecule has 1 saturated heterocycles. The second-order valence-corrected chi connectivity index (χ2v) is 10.9. The standard InChI is InChI=1S/C33H40N2O7/c1-21-28(19-35(3)22(2)31(40)24-7-5-4-6-8-24)41-33(42-32(21)25-11-9-23(20-36)10-12-25)26-13-15-27(16-14-26)34-29(37)17-18-30(38)39/h4-16,21-22,28,31-33,36,40H,17-20H2,1-3H3,(H,34,37)(H,38,39). The summed E-state index contributed by atoms with van der Waals surface area (Å²) in [6, 6.07) is 24.3. The molecule has 1 fully saturated rings. The van der Waals surface area contributed by atoms with Crippen molar-refractivity contribution in [1.29, 1.82) is 0 Å². The first-order valence-corrected chi connectivity index (χ1v) is 14.2. The Kier molecular flexibility index (Phi) is 10.8. The van der Waals surface area contributed by atoms with Crippen molar-refractivity contribution in [2.24, 2.45) is 5.92 Å². The van der Waals surface area contributed by atoms with Gasteiger partial charge in [-0.2, -0.15) is 0 Å². The smallest absolute Gasteiger partial charge is 0.303 e. The van der Waals surface area contributed by atoms with E-state index in [2.05, 4.69) is 17.1 Å². The number of carbonyl (C=O) groups is 2. The number of ether oxygens (including phenoxy) is 2. The Morgan fingerprint density at radius 1 is 0.929 bits per heavy atom. The van der Waals surface area contributed by atoms with Crippen LogP contribution in [0.15, 0.2) is 78.9 Å². The zero-order valence-electron chi connectivity index (χ0n) is 24.2. The third kappa shape index (κ3) is 8.02. The molecule has 42 heavy (non-hydrogen) atoms. The molecule has 9 nitrogen and oxygen atoms in total. The van der Waals surface area contributed by atoms with E-state index in [9.17, 15) is 19.8 Å². The highest BCUT2D eigenvalue weighted by atomic mass is 16.7. The summed E-state index contributed by atoms with van der Waals surface area (Å²) >= 11 is 0. The van der Waals surface area contributed by atoms with E-state index in [1.165, 1.54) is 0 Å². The molecular weight excluding hydrogens is 536 g/mol. The van der Waals surface area contributed by atoms with Gasteiger partial charge < -0.3 is 30.1 Å². The zero-order chi connectivity index (χ0) is 30.2. The van der Waals surface area contributed by atoms with Crippen molar-refractivity contribution in [3.63, 3.8) is 0 Å². The van der Waals surface area contributed by atoms with Gasteiger partial charge in [-0.3, -0.25) is 14.5 Å². The molecule has 3 aromatic rings. The van der Waals surface area contributed by atoms with Crippen molar-refractivity contribution < 1.29 is 34.4 Å². The lowest BCUT2D eigenvalue weighted by molar-refractivity contribution is -0.276. The van der Waals surface area contributed by atoms with Crippen LogP contribution in [-0.4, -0.2) is 57.8 Å². The van der Waals surface area contributed by atoms with E-state index in [1.54, 1.807) is 12.1 Å². The summed E-state index contributed by atoms with van der Waals surface area (Å²) in [5.41, 5.74) is 3.96. The molecule has 6 unspecified atom stereocenters. The maximum Gasteiger partial charge on any atom is 0.303 e. The maximum absolute atomic E-state index is 12.1. The van der Waals surface area contributed by atoms with Gasteiger partial charge in [-0.25, -0.2) is 0 Å². The Hall–Kier alpha value is -3.60. The van der Waals surface area contributed by atoms with Crippen LogP contribution in [-0.2, 0) is 25.7 Å². The first-order valence-electron chi connectivity index (χ1n) is 14.2. The Balaban J connectivity index is 1.52. The lowest BCUT2D eigenvalue weighted by Gasteiger charge is -2.43. The Morgan fingerprint density at radius 2 is 1.57 bits per heavy atom. The molecule has 0 aliphatic carbocycles. The highest BCUT2D eigenvalue weighted by Crippen LogP contribution is 2.42. The summed E-state index contributed by atoms with van der Waals surface area (Å²) < 4.78 is 13.0. The van der Waals surface area contributed by atoms with Crippen LogP contribution >= 0.6 is 0 Å². The van der Waals surface area contributed by atoms with Crippen LogP contribution in [0.2, 0.25) is 0 Å². The predicted molar refractivity (Wildman–Crippen MR) is 158 cm³/mol. The number of aliphatic carboxylic acids is 1. The summed E-state index contributed by atoms with van der Waals surface area (Å²) in [6.07, 6.45) is -2.22. The molecule has 4 N–H and O–H groups in total. The van der Waals surface area contributed by atoms with Crippen molar-refractivity contribution in [2.45, 2.75) is 63.9 Å². The van der Waals surface area contributed by atoms with Crippen LogP contribution in [0.25, 0.3) is 0 Å². The molecule has 1 amide bonds. The highest BCUT2D eigenvalue weighted by molar-refractivity contribution is 5.92. The van der Waals surface area contributed by atoms with Gasteiger partial charge in [0.05, 0.1) is 31.3 Å². The molecular formula is C33H40N2O7. The number of hydrogen-bond acceptors (Lipinski definition) is 7. The van der Waals surface area contributed by atoms with Crippen LogP contribution in [0.5, 0.6) is 0 Å². The average molecular weight is 577 g/mol. The van der Waals surface area contributed by atoms with Crippen LogP contribution in [0.4, 0.5) is 5.69 Å². The third-order valence-corrected chi connectivity index (χ3v) is 7.92. The number of carbonyl (C=O) groups excluding carboxylic acids is 1. The summed E-state index contributed by atoms with van der Waals surface area (Å²) in [6.45, 7) is 4.59. The molecule has 0 bridgehead atoms. The van der Waals surface area contributed by atoms with E-state index in [-0.39, 0.29) is 49.5 Å². The van der Waals surface area contributed by atoms with E-state index in [0.29, 0.717) is 12.2 Å². The summed E-state index contributed by atoms with van der Waals surface area (Å²) in [5.74, 6) is -1.42. The molecule has 3 aromatic carbocycles. The molecule has 1 aliphatic heterocycles. The number of rotatable bonds is 12. The van der Waals surface area contributed by atoms with Crippen molar-refractivity contribution in [2.75, 3.05) is 18.9 Å². The van der Waals surface area contributed by atoms with Gasteiger partial charge >= 0.3 is 5.97 Å². The lowest BCUT2D eigenvalue weighted by atomic mass is 9.89. The number of carboxylic acid groups (broad SMARTS) is 1. The van der Waals surface area contributed by atoms with E-state index >= 15 is 0 Å². The van der Waals surface area contributed by atoms with Crippen LogP contribution in [0, 0.1) is 5.92 Å². The third-order valence-electron chi connectivity index (χ3n) is 7.92. The number of benzene rings is 3. The van der Waals surface area contributed by atoms with Gasteiger partial charge in [0.1, 0.15) is 0 Å². The first-order chi connectivity index (χ1) is 20.2. The number of likely N-dealkylation sites (N-methyl/N-ethyl adjacent to an activating group) is 1. The Morgan fingerprint density at radius 3 is 2.19 bits per heavy atom. The van der Waals surface area contributed by atoms with Gasteiger partial charge in [0.25, 0.3) is 0 Å². The molecule has 0 radical (unpaired) electrons. The minimum atomic E-state index is -1.02. The molecule has 0 spiro atoms. The number of nitrogens with one attached hydrogen (secondary N) is 1. The van der Waals surface area contributed by atoms with E-state index in [0.717, 1.165) is 22.3 Å². The predicted octanol–water partition coefficient (Wildman–Crippen LogP) is 4.83. The van der Waals surface area contributed by atoms with E-state index < -0.39 is 18.4 Å². The molecule has 0 saturated carbocycles. The number of nitrogens with zero attached hydrogens (tertiary/aromatic N) is 1. The lowest BCUT2D eigenvalue weighted by Crippen LogP contribution is -2.46. The first kappa shape index (κ1) is 31.3. The molecule has 9 heteroatoms. The minimum Gasteiger partial charge on any atom is -0.481 e. The van der Waals surface area contributed by atoms with Crippen molar-refractivity contribution >= 4 is 17.6 Å². The summed E-state index contributed by atoms with van der Waals surface area (Å²) in [7, 11) is 1.98. The number of anilines is 1. The van der Waals surface area contributed by atoms with Crippen molar-refractivity contribution in [3.8, 4) is 0 Å². The fraction of sp³-hybridized carbons (Fsp3) is 0.394. The Labute approximate surface area is 246 Å². The molecule has 224 valence electrons. The van der Waals surface area contributed by atoms with Crippen molar-refractivity contribution in [1.82, 2.24) is 4.90 Å². The normalized spacial score (nSPS) is 22.0. The van der Waals surface area contributed by atoms with Crippen LogP contribution < -0.4 is 5.32 Å². The average Bonchev–Trinajstić information content (AvgIpc) is 3.01. The molecule has 1 aliphatic rings. The largest absolute Gasteiger partial charge is 0.481 e. The molecule has 4 rings (SSSR count). The van der Waals surface area contributed by atoms with Gasteiger partial charge in [-0.05, 0) is 42.8 Å². The molecule has 0 aromatic heterocycles. The second kappa shape index (κ2) is 14.5. The van der Waals surface area contributed by atoms with Gasteiger partial charge in [-0.1, -0.05) is 73.7 Å². The van der Waals surface area contributed by atoms with E-state index in [1.807, 2.05) is 80.7 Å². The van der Waals surface area contributed by atoms with Gasteiger partial charge in [-0.15, -0.1) is 0 Å². The number of carboxylic acids is 1. The van der Waals surface area contributed by atoms with Crippen molar-refractivity contribution in [3.05, 3.63) is 101 Å². The second-order valence-electron chi connectivity index (χ2n) is 10.9. The quantitative estimate of drug-likeness (QED) is 0.241. The Bertz CT molecular complexity index is 1300. The van der Waals surface area contributed by atoms with Crippen LogP contribution in [0.3, 0.4) is 0 Å². The summed E-state index contributed by atoms with van der Waals surface area (Å²) in [4.78, 5) is 24.9. The SMILES string of the molecule is CC1C(CN(C)C(C)C(O)c2ccccc2)OC(c2ccc(NC(=O)CCC(=O)O)cc2)OC1c1ccc(CO)cc1. The molecule has 1 heterocycles. The number of amides is 1.